The lowest BCUT2D eigenvalue weighted by Crippen LogP contribution is -2.38. The van der Waals surface area contributed by atoms with Gasteiger partial charge in [0.05, 0.1) is 24.7 Å². The third-order valence-electron chi connectivity index (χ3n) is 5.43. The van der Waals surface area contributed by atoms with E-state index < -0.39 is 11.9 Å². The van der Waals surface area contributed by atoms with Crippen molar-refractivity contribution in [1.29, 1.82) is 0 Å². The van der Waals surface area contributed by atoms with E-state index in [9.17, 15) is 9.59 Å². The molecule has 0 saturated heterocycles. The minimum Gasteiger partial charge on any atom is -0.493 e. The number of para-hydroxylation sites is 1. The number of hydrogen-bond acceptors (Lipinski definition) is 5. The average molecular weight is 398 g/mol. The SMILES string of the molecule is CCCOc1ccccc1[C@H]1C(C(=O)OCC)=C(C)NC2=C1C(=O)CC(C)(C)C2. The van der Waals surface area contributed by atoms with E-state index >= 15 is 0 Å². The van der Waals surface area contributed by atoms with Crippen LogP contribution < -0.4 is 10.1 Å². The van der Waals surface area contributed by atoms with E-state index in [1.54, 1.807) is 6.92 Å². The van der Waals surface area contributed by atoms with Crippen molar-refractivity contribution in [2.24, 2.45) is 5.41 Å². The average Bonchev–Trinajstić information content (AvgIpc) is 2.64. The monoisotopic (exact) mass is 397 g/mol. The van der Waals surface area contributed by atoms with Crippen molar-refractivity contribution in [3.05, 3.63) is 52.4 Å². The predicted octanol–water partition coefficient (Wildman–Crippen LogP) is 4.64. The minimum absolute atomic E-state index is 0.0772. The highest BCUT2D eigenvalue weighted by Gasteiger charge is 2.43. The smallest absolute Gasteiger partial charge is 0.336 e. The molecule has 1 aromatic carbocycles. The van der Waals surface area contributed by atoms with E-state index in [0.717, 1.165) is 29.8 Å². The van der Waals surface area contributed by atoms with Crippen molar-refractivity contribution in [2.45, 2.75) is 59.8 Å². The lowest BCUT2D eigenvalue weighted by Gasteiger charge is -2.39. The molecule has 5 heteroatoms. The van der Waals surface area contributed by atoms with Gasteiger partial charge in [-0.05, 0) is 38.2 Å². The standard InChI is InChI=1S/C24H31NO4/c1-6-12-29-19-11-9-8-10-16(19)21-20(23(27)28-7-2)15(3)25-17-13-24(4,5)14-18(26)22(17)21/h8-11,21,25H,6-7,12-14H2,1-5H3/t21-/m0/s1. The first kappa shape index (κ1) is 21.2. The summed E-state index contributed by atoms with van der Waals surface area (Å²) in [6.45, 7) is 10.8. The zero-order valence-electron chi connectivity index (χ0n) is 18.1. The largest absolute Gasteiger partial charge is 0.493 e. The van der Waals surface area contributed by atoms with E-state index in [4.69, 9.17) is 9.47 Å². The number of ketones is 1. The lowest BCUT2D eigenvalue weighted by atomic mass is 9.68. The Kier molecular flexibility index (Phi) is 6.15. The Bertz CT molecular complexity index is 879. The number of esters is 1. The molecule has 1 N–H and O–H groups in total. The van der Waals surface area contributed by atoms with Gasteiger partial charge < -0.3 is 14.8 Å². The Labute approximate surface area is 173 Å². The highest BCUT2D eigenvalue weighted by atomic mass is 16.5. The van der Waals surface area contributed by atoms with Gasteiger partial charge in [0.2, 0.25) is 0 Å². The predicted molar refractivity (Wildman–Crippen MR) is 112 cm³/mol. The van der Waals surface area contributed by atoms with Crippen LogP contribution in [0.4, 0.5) is 0 Å². The number of benzene rings is 1. The number of ether oxygens (including phenoxy) is 2. The zero-order valence-corrected chi connectivity index (χ0v) is 18.1. The van der Waals surface area contributed by atoms with Gasteiger partial charge in [0.15, 0.2) is 5.78 Å². The molecule has 29 heavy (non-hydrogen) atoms. The van der Waals surface area contributed by atoms with Crippen molar-refractivity contribution in [3.63, 3.8) is 0 Å². The number of carbonyl (C=O) groups is 2. The Morgan fingerprint density at radius 2 is 1.93 bits per heavy atom. The summed E-state index contributed by atoms with van der Waals surface area (Å²) in [7, 11) is 0. The van der Waals surface area contributed by atoms with Crippen LogP contribution in [-0.4, -0.2) is 25.0 Å². The highest BCUT2D eigenvalue weighted by Crippen LogP contribution is 2.48. The van der Waals surface area contributed by atoms with Gasteiger partial charge in [0.25, 0.3) is 0 Å². The van der Waals surface area contributed by atoms with Gasteiger partial charge in [-0.15, -0.1) is 0 Å². The Balaban J connectivity index is 2.19. The second-order valence-electron chi connectivity index (χ2n) is 8.54. The summed E-state index contributed by atoms with van der Waals surface area (Å²) >= 11 is 0. The van der Waals surface area contributed by atoms with Gasteiger partial charge in [0.1, 0.15) is 5.75 Å². The quantitative estimate of drug-likeness (QED) is 0.708. The maximum absolute atomic E-state index is 13.3. The van der Waals surface area contributed by atoms with Crippen LogP contribution in [0, 0.1) is 5.41 Å². The Morgan fingerprint density at radius 3 is 2.62 bits per heavy atom. The molecular formula is C24H31NO4. The molecule has 1 aliphatic heterocycles. The van der Waals surface area contributed by atoms with Crippen molar-refractivity contribution in [3.8, 4) is 5.75 Å². The first-order valence-electron chi connectivity index (χ1n) is 10.4. The first-order valence-corrected chi connectivity index (χ1v) is 10.4. The first-order chi connectivity index (χ1) is 13.8. The zero-order chi connectivity index (χ0) is 21.2. The molecule has 0 radical (unpaired) electrons. The van der Waals surface area contributed by atoms with E-state index in [1.165, 1.54) is 0 Å². The number of hydrogen-bond donors (Lipinski definition) is 1. The van der Waals surface area contributed by atoms with Crippen molar-refractivity contribution in [1.82, 2.24) is 5.32 Å². The normalized spacial score (nSPS) is 20.9. The molecule has 0 fully saturated rings. The summed E-state index contributed by atoms with van der Waals surface area (Å²) in [5.74, 6) is -0.0902. The van der Waals surface area contributed by atoms with Crippen LogP contribution >= 0.6 is 0 Å². The van der Waals surface area contributed by atoms with E-state index in [1.807, 2.05) is 31.2 Å². The van der Waals surface area contributed by atoms with Gasteiger partial charge in [0, 0.05) is 29.0 Å². The molecule has 2 aliphatic rings. The van der Waals surface area contributed by atoms with Gasteiger partial charge in [-0.3, -0.25) is 4.79 Å². The topological polar surface area (TPSA) is 64.6 Å². The van der Waals surface area contributed by atoms with E-state index in [0.29, 0.717) is 29.9 Å². The van der Waals surface area contributed by atoms with Crippen LogP contribution in [0.5, 0.6) is 5.75 Å². The summed E-state index contributed by atoms with van der Waals surface area (Å²) < 4.78 is 11.4. The van der Waals surface area contributed by atoms with Crippen LogP contribution in [-0.2, 0) is 14.3 Å². The highest BCUT2D eigenvalue weighted by molar-refractivity contribution is 6.04. The fourth-order valence-corrected chi connectivity index (χ4v) is 4.29. The fraction of sp³-hybridized carbons (Fsp3) is 0.500. The number of rotatable bonds is 6. The van der Waals surface area contributed by atoms with E-state index in [2.05, 4.69) is 26.1 Å². The number of allylic oxidation sites excluding steroid dienone is 3. The van der Waals surface area contributed by atoms with Crippen molar-refractivity contribution >= 4 is 11.8 Å². The van der Waals surface area contributed by atoms with Gasteiger partial charge in [-0.25, -0.2) is 4.79 Å². The Hall–Kier alpha value is -2.56. The van der Waals surface area contributed by atoms with Crippen LogP contribution in [0.25, 0.3) is 0 Å². The number of dihydropyridines is 1. The number of Topliss-reactive ketones (excluding diaryl/α,β-unsaturated/α-hetero) is 1. The van der Waals surface area contributed by atoms with Gasteiger partial charge in [-0.2, -0.15) is 0 Å². The molecule has 1 aliphatic carbocycles. The molecule has 0 saturated carbocycles. The third-order valence-corrected chi connectivity index (χ3v) is 5.43. The maximum atomic E-state index is 13.3. The fourth-order valence-electron chi connectivity index (χ4n) is 4.29. The second kappa shape index (κ2) is 8.44. The van der Waals surface area contributed by atoms with E-state index in [-0.39, 0.29) is 17.8 Å². The van der Waals surface area contributed by atoms with Gasteiger partial charge in [-0.1, -0.05) is 39.0 Å². The number of carbonyl (C=O) groups excluding carboxylic acids is 2. The van der Waals surface area contributed by atoms with Crippen molar-refractivity contribution in [2.75, 3.05) is 13.2 Å². The summed E-state index contributed by atoms with van der Waals surface area (Å²) in [4.78, 5) is 26.2. The molecule has 0 amide bonds. The maximum Gasteiger partial charge on any atom is 0.336 e. The molecule has 0 bridgehead atoms. The molecule has 1 aromatic rings. The molecule has 1 atom stereocenters. The second-order valence-corrected chi connectivity index (χ2v) is 8.54. The summed E-state index contributed by atoms with van der Waals surface area (Å²) in [6.07, 6.45) is 2.09. The Morgan fingerprint density at radius 1 is 1.21 bits per heavy atom. The summed E-state index contributed by atoms with van der Waals surface area (Å²) in [6, 6.07) is 7.69. The molecule has 1 heterocycles. The molecule has 0 aromatic heterocycles. The molecule has 0 spiro atoms. The molecule has 156 valence electrons. The van der Waals surface area contributed by atoms with Crippen LogP contribution in [0.1, 0.15) is 65.4 Å². The minimum atomic E-state index is -0.484. The summed E-state index contributed by atoms with van der Waals surface area (Å²) in [5, 5.41) is 3.35. The van der Waals surface area contributed by atoms with Crippen molar-refractivity contribution < 1.29 is 19.1 Å². The number of nitrogens with one attached hydrogen (secondary N) is 1. The molecular weight excluding hydrogens is 366 g/mol. The summed E-state index contributed by atoms with van der Waals surface area (Å²) in [5.41, 5.74) is 3.53. The van der Waals surface area contributed by atoms with Crippen LogP contribution in [0.3, 0.4) is 0 Å². The van der Waals surface area contributed by atoms with Crippen LogP contribution in [0.2, 0.25) is 0 Å². The third kappa shape index (κ3) is 4.24. The molecule has 5 nitrogen and oxygen atoms in total. The van der Waals surface area contributed by atoms with Crippen LogP contribution in [0.15, 0.2) is 46.8 Å². The molecule has 3 rings (SSSR count). The lowest BCUT2D eigenvalue weighted by molar-refractivity contribution is -0.138. The molecule has 0 unspecified atom stereocenters. The van der Waals surface area contributed by atoms with Gasteiger partial charge >= 0.3 is 5.97 Å².